The molecular weight excluding hydrogens is 174 g/mol. The van der Waals surface area contributed by atoms with Crippen molar-refractivity contribution >= 4 is 17.1 Å². The fourth-order valence-electron chi connectivity index (χ4n) is 1.26. The summed E-state index contributed by atoms with van der Waals surface area (Å²) in [6.07, 6.45) is 4.29. The summed E-state index contributed by atoms with van der Waals surface area (Å²) in [5, 5.41) is 4.55. The highest BCUT2D eigenvalue weighted by atomic mass is 35.5. The summed E-state index contributed by atoms with van der Waals surface area (Å²) in [5.74, 6) is 0. The lowest BCUT2D eigenvalue weighted by Gasteiger charge is -1.96. The number of aryl methyl sites for hydroxylation is 1. The van der Waals surface area contributed by atoms with Gasteiger partial charge in [0.2, 0.25) is 0 Å². The van der Waals surface area contributed by atoms with E-state index in [9.17, 15) is 0 Å². The maximum atomic E-state index is 5.91. The zero-order chi connectivity index (χ0) is 8.55. The molecule has 0 saturated heterocycles. The molecular formula is C8H8ClN3. The second-order valence-corrected chi connectivity index (χ2v) is 2.90. The van der Waals surface area contributed by atoms with Crippen LogP contribution in [0.25, 0.3) is 5.52 Å². The molecule has 62 valence electrons. The van der Waals surface area contributed by atoms with Gasteiger partial charge < -0.3 is 0 Å². The Morgan fingerprint density at radius 1 is 1.58 bits per heavy atom. The molecule has 0 aliphatic rings. The Bertz CT molecular complexity index is 408. The molecule has 4 heteroatoms. The summed E-state index contributed by atoms with van der Waals surface area (Å²) in [6.45, 7) is 2.08. The first-order valence-electron chi connectivity index (χ1n) is 3.79. The van der Waals surface area contributed by atoms with Gasteiger partial charge in [0, 0.05) is 6.20 Å². The van der Waals surface area contributed by atoms with Gasteiger partial charge in [-0.25, -0.2) is 9.50 Å². The van der Waals surface area contributed by atoms with Crippen LogP contribution in [0.4, 0.5) is 0 Å². The van der Waals surface area contributed by atoms with Crippen molar-refractivity contribution in [2.24, 2.45) is 0 Å². The lowest BCUT2D eigenvalue weighted by Crippen LogP contribution is -1.92. The van der Waals surface area contributed by atoms with Crippen LogP contribution in [0.5, 0.6) is 0 Å². The molecule has 0 N–H and O–H groups in total. The van der Waals surface area contributed by atoms with E-state index >= 15 is 0 Å². The SMILES string of the molecule is CCc1ccn2ncnc(Cl)c12. The molecule has 0 radical (unpaired) electrons. The average Bonchev–Trinajstić information content (AvgIpc) is 2.49. The van der Waals surface area contributed by atoms with Crippen LogP contribution in [-0.4, -0.2) is 14.6 Å². The van der Waals surface area contributed by atoms with Gasteiger partial charge in [0.25, 0.3) is 0 Å². The second kappa shape index (κ2) is 2.75. The van der Waals surface area contributed by atoms with Gasteiger partial charge in [-0.3, -0.25) is 0 Å². The summed E-state index contributed by atoms with van der Waals surface area (Å²) < 4.78 is 1.74. The molecule has 0 atom stereocenters. The van der Waals surface area contributed by atoms with Crippen molar-refractivity contribution in [1.29, 1.82) is 0 Å². The Kier molecular flexibility index (Phi) is 1.73. The van der Waals surface area contributed by atoms with Crippen LogP contribution in [-0.2, 0) is 6.42 Å². The van der Waals surface area contributed by atoms with Crippen LogP contribution in [0, 0.1) is 0 Å². The summed E-state index contributed by atoms with van der Waals surface area (Å²) in [5.41, 5.74) is 2.10. The minimum Gasteiger partial charge on any atom is -0.236 e. The van der Waals surface area contributed by atoms with Gasteiger partial charge in [-0.1, -0.05) is 18.5 Å². The molecule has 0 aromatic carbocycles. The molecule has 0 spiro atoms. The molecule has 2 aromatic heterocycles. The van der Waals surface area contributed by atoms with Crippen molar-refractivity contribution in [1.82, 2.24) is 14.6 Å². The van der Waals surface area contributed by atoms with Crippen molar-refractivity contribution in [2.75, 3.05) is 0 Å². The van der Waals surface area contributed by atoms with Crippen molar-refractivity contribution in [2.45, 2.75) is 13.3 Å². The van der Waals surface area contributed by atoms with E-state index in [4.69, 9.17) is 11.6 Å². The number of hydrogen-bond acceptors (Lipinski definition) is 2. The number of fused-ring (bicyclic) bond motifs is 1. The maximum absolute atomic E-state index is 5.91. The lowest BCUT2D eigenvalue weighted by molar-refractivity contribution is 0.900. The van der Waals surface area contributed by atoms with Crippen molar-refractivity contribution in [3.8, 4) is 0 Å². The van der Waals surface area contributed by atoms with E-state index in [1.54, 1.807) is 4.52 Å². The van der Waals surface area contributed by atoms with Gasteiger partial charge in [0.05, 0.1) is 0 Å². The molecule has 0 aliphatic carbocycles. The molecule has 2 aromatic rings. The summed E-state index contributed by atoms with van der Waals surface area (Å²) in [4.78, 5) is 3.92. The van der Waals surface area contributed by atoms with E-state index < -0.39 is 0 Å². The third-order valence-electron chi connectivity index (χ3n) is 1.87. The standard InChI is InChI=1S/C8H8ClN3/c1-2-6-3-4-12-7(6)8(9)10-5-11-12/h3-5H,2H2,1H3. The minimum absolute atomic E-state index is 0.520. The topological polar surface area (TPSA) is 30.2 Å². The Hall–Kier alpha value is -1.09. The van der Waals surface area contributed by atoms with Crippen LogP contribution >= 0.6 is 11.6 Å². The first kappa shape index (κ1) is 7.55. The largest absolute Gasteiger partial charge is 0.236 e. The van der Waals surface area contributed by atoms with Gasteiger partial charge in [-0.15, -0.1) is 0 Å². The molecule has 0 amide bonds. The predicted octanol–water partition coefficient (Wildman–Crippen LogP) is 1.95. The molecule has 0 saturated carbocycles. The van der Waals surface area contributed by atoms with Crippen LogP contribution in [0.3, 0.4) is 0 Å². The second-order valence-electron chi connectivity index (χ2n) is 2.54. The Morgan fingerprint density at radius 2 is 2.42 bits per heavy atom. The quantitative estimate of drug-likeness (QED) is 0.673. The fraction of sp³-hybridized carbons (Fsp3) is 0.250. The van der Waals surface area contributed by atoms with Crippen molar-refractivity contribution in [3.05, 3.63) is 29.3 Å². The van der Waals surface area contributed by atoms with Crippen LogP contribution in [0.1, 0.15) is 12.5 Å². The summed E-state index contributed by atoms with van der Waals surface area (Å²) in [6, 6.07) is 2.01. The zero-order valence-corrected chi connectivity index (χ0v) is 7.41. The smallest absolute Gasteiger partial charge is 0.156 e. The van der Waals surface area contributed by atoms with Gasteiger partial charge in [-0.2, -0.15) is 5.10 Å². The molecule has 2 rings (SSSR count). The predicted molar refractivity (Wildman–Crippen MR) is 47.4 cm³/mol. The summed E-state index contributed by atoms with van der Waals surface area (Å²) >= 11 is 5.91. The summed E-state index contributed by atoms with van der Waals surface area (Å²) in [7, 11) is 0. The first-order chi connectivity index (χ1) is 5.83. The highest BCUT2D eigenvalue weighted by Gasteiger charge is 2.05. The normalized spacial score (nSPS) is 10.8. The Labute approximate surface area is 75.0 Å². The van der Waals surface area contributed by atoms with E-state index in [0.717, 1.165) is 11.9 Å². The highest BCUT2D eigenvalue weighted by Crippen LogP contribution is 2.18. The number of halogens is 1. The Morgan fingerprint density at radius 3 is 3.17 bits per heavy atom. The molecule has 0 fully saturated rings. The number of aromatic nitrogens is 3. The lowest BCUT2D eigenvalue weighted by atomic mass is 10.2. The van der Waals surface area contributed by atoms with Crippen molar-refractivity contribution < 1.29 is 0 Å². The van der Waals surface area contributed by atoms with E-state index in [2.05, 4.69) is 17.0 Å². The highest BCUT2D eigenvalue weighted by molar-refractivity contribution is 6.32. The van der Waals surface area contributed by atoms with Crippen LogP contribution in [0.2, 0.25) is 5.15 Å². The molecule has 0 bridgehead atoms. The monoisotopic (exact) mass is 181 g/mol. The third kappa shape index (κ3) is 0.975. The van der Waals surface area contributed by atoms with Gasteiger partial charge in [0.15, 0.2) is 5.15 Å². The van der Waals surface area contributed by atoms with E-state index in [1.807, 2.05) is 12.3 Å². The molecule has 0 aliphatic heterocycles. The maximum Gasteiger partial charge on any atom is 0.156 e. The number of hydrogen-bond donors (Lipinski definition) is 0. The molecule has 12 heavy (non-hydrogen) atoms. The third-order valence-corrected chi connectivity index (χ3v) is 2.15. The van der Waals surface area contributed by atoms with Crippen LogP contribution < -0.4 is 0 Å². The van der Waals surface area contributed by atoms with Gasteiger partial charge in [-0.05, 0) is 18.1 Å². The number of nitrogens with zero attached hydrogens (tertiary/aromatic N) is 3. The fourth-order valence-corrected chi connectivity index (χ4v) is 1.51. The van der Waals surface area contributed by atoms with Crippen LogP contribution in [0.15, 0.2) is 18.6 Å². The van der Waals surface area contributed by atoms with E-state index in [-0.39, 0.29) is 0 Å². The minimum atomic E-state index is 0.520. The number of rotatable bonds is 1. The van der Waals surface area contributed by atoms with Gasteiger partial charge >= 0.3 is 0 Å². The van der Waals surface area contributed by atoms with E-state index in [0.29, 0.717) is 5.15 Å². The first-order valence-corrected chi connectivity index (χ1v) is 4.17. The molecule has 3 nitrogen and oxygen atoms in total. The molecule has 2 heterocycles. The average molecular weight is 182 g/mol. The molecule has 0 unspecified atom stereocenters. The van der Waals surface area contributed by atoms with Crippen molar-refractivity contribution in [3.63, 3.8) is 0 Å². The van der Waals surface area contributed by atoms with Gasteiger partial charge in [0.1, 0.15) is 11.8 Å². The Balaban J connectivity index is 2.83. The zero-order valence-electron chi connectivity index (χ0n) is 6.66. The van der Waals surface area contributed by atoms with E-state index in [1.165, 1.54) is 11.9 Å².